The van der Waals surface area contributed by atoms with E-state index in [0.717, 1.165) is 19.3 Å². The van der Waals surface area contributed by atoms with E-state index in [4.69, 9.17) is 5.26 Å². The highest BCUT2D eigenvalue weighted by atomic mass is 16.1. The summed E-state index contributed by atoms with van der Waals surface area (Å²) < 4.78 is 0. The summed E-state index contributed by atoms with van der Waals surface area (Å²) in [6, 6.07) is 2.08. The van der Waals surface area contributed by atoms with Gasteiger partial charge in [0.15, 0.2) is 5.78 Å². The number of Topliss-reactive ketones (excluding diaryl/α,β-unsaturated/α-hetero) is 1. The molecule has 0 aromatic heterocycles. The molecule has 1 fully saturated rings. The minimum absolute atomic E-state index is 0.126. The number of rotatable bonds is 0. The van der Waals surface area contributed by atoms with E-state index in [1.807, 2.05) is 0 Å². The zero-order valence-corrected chi connectivity index (χ0v) is 6.18. The minimum atomic E-state index is -0.655. The van der Waals surface area contributed by atoms with Gasteiger partial charge in [-0.25, -0.2) is 0 Å². The Morgan fingerprint density at radius 3 is 2.70 bits per heavy atom. The van der Waals surface area contributed by atoms with Crippen molar-refractivity contribution in [1.29, 1.82) is 5.26 Å². The maximum atomic E-state index is 11.1. The number of carbonyl (C=O) groups excluding carboxylic acids is 1. The van der Waals surface area contributed by atoms with Gasteiger partial charge in [0.2, 0.25) is 0 Å². The molecule has 54 valence electrons. The van der Waals surface area contributed by atoms with E-state index in [1.165, 1.54) is 0 Å². The molecule has 0 aromatic carbocycles. The molecule has 0 radical (unpaired) electrons. The third kappa shape index (κ3) is 1.04. The Labute approximate surface area is 60.8 Å². The Balaban J connectivity index is 2.75. The lowest BCUT2D eigenvalue weighted by molar-refractivity contribution is -0.127. The van der Waals surface area contributed by atoms with E-state index in [1.54, 1.807) is 6.92 Å². The second-order valence-corrected chi connectivity index (χ2v) is 3.07. The minimum Gasteiger partial charge on any atom is -0.298 e. The summed E-state index contributed by atoms with van der Waals surface area (Å²) in [5.41, 5.74) is -0.655. The van der Waals surface area contributed by atoms with E-state index >= 15 is 0 Å². The SMILES string of the molecule is C[C@]1(C#N)CCCCC1=O. The van der Waals surface area contributed by atoms with Crippen molar-refractivity contribution in [3.8, 4) is 6.07 Å². The van der Waals surface area contributed by atoms with Crippen LogP contribution in [0.4, 0.5) is 0 Å². The summed E-state index contributed by atoms with van der Waals surface area (Å²) in [5.74, 6) is 0.126. The molecule has 0 heterocycles. The van der Waals surface area contributed by atoms with Crippen LogP contribution < -0.4 is 0 Å². The Morgan fingerprint density at radius 1 is 1.60 bits per heavy atom. The number of nitrogens with zero attached hydrogens (tertiary/aromatic N) is 1. The van der Waals surface area contributed by atoms with Gasteiger partial charge < -0.3 is 0 Å². The number of nitriles is 1. The van der Waals surface area contributed by atoms with Crippen LogP contribution in [0.1, 0.15) is 32.6 Å². The summed E-state index contributed by atoms with van der Waals surface area (Å²) in [6.45, 7) is 1.74. The maximum Gasteiger partial charge on any atom is 0.152 e. The second-order valence-electron chi connectivity index (χ2n) is 3.07. The molecule has 1 aliphatic carbocycles. The monoisotopic (exact) mass is 137 g/mol. The van der Waals surface area contributed by atoms with Crippen molar-refractivity contribution in [3.05, 3.63) is 0 Å². The lowest BCUT2D eigenvalue weighted by atomic mass is 9.76. The first-order chi connectivity index (χ1) is 4.69. The summed E-state index contributed by atoms with van der Waals surface area (Å²) >= 11 is 0. The maximum absolute atomic E-state index is 11.1. The first kappa shape index (κ1) is 7.27. The Hall–Kier alpha value is -0.840. The zero-order valence-electron chi connectivity index (χ0n) is 6.18. The molecule has 0 saturated heterocycles. The van der Waals surface area contributed by atoms with Crippen LogP contribution in [0.15, 0.2) is 0 Å². The number of hydrogen-bond donors (Lipinski definition) is 0. The van der Waals surface area contributed by atoms with Crippen molar-refractivity contribution < 1.29 is 4.79 Å². The van der Waals surface area contributed by atoms with Crippen molar-refractivity contribution in [1.82, 2.24) is 0 Å². The summed E-state index contributed by atoms with van der Waals surface area (Å²) in [7, 11) is 0. The topological polar surface area (TPSA) is 40.9 Å². The van der Waals surface area contributed by atoms with Gasteiger partial charge in [-0.2, -0.15) is 5.26 Å². The number of ketones is 1. The molecule has 0 aliphatic heterocycles. The molecule has 1 saturated carbocycles. The van der Waals surface area contributed by atoms with Crippen LogP contribution in [0, 0.1) is 16.7 Å². The molecule has 0 aromatic rings. The molecule has 0 spiro atoms. The van der Waals surface area contributed by atoms with Crippen molar-refractivity contribution in [2.75, 3.05) is 0 Å². The van der Waals surface area contributed by atoms with E-state index in [-0.39, 0.29) is 5.78 Å². The van der Waals surface area contributed by atoms with E-state index in [0.29, 0.717) is 6.42 Å². The molecular weight excluding hydrogens is 126 g/mol. The molecule has 2 nitrogen and oxygen atoms in total. The smallest absolute Gasteiger partial charge is 0.152 e. The van der Waals surface area contributed by atoms with Crippen LogP contribution in [-0.4, -0.2) is 5.78 Å². The van der Waals surface area contributed by atoms with Crippen LogP contribution in [0.2, 0.25) is 0 Å². The molecule has 1 aliphatic rings. The highest BCUT2D eigenvalue weighted by Gasteiger charge is 2.34. The van der Waals surface area contributed by atoms with Gasteiger partial charge in [0, 0.05) is 6.42 Å². The normalized spacial score (nSPS) is 33.4. The van der Waals surface area contributed by atoms with Crippen molar-refractivity contribution >= 4 is 5.78 Å². The van der Waals surface area contributed by atoms with Gasteiger partial charge in [0.25, 0.3) is 0 Å². The molecule has 1 atom stereocenters. The fourth-order valence-electron chi connectivity index (χ4n) is 1.30. The van der Waals surface area contributed by atoms with E-state index in [9.17, 15) is 4.79 Å². The van der Waals surface area contributed by atoms with Gasteiger partial charge in [-0.3, -0.25) is 4.79 Å². The molecule has 0 unspecified atom stereocenters. The summed E-state index contributed by atoms with van der Waals surface area (Å²) in [6.07, 6.45) is 3.35. The predicted molar refractivity (Wildman–Crippen MR) is 37.2 cm³/mol. The van der Waals surface area contributed by atoms with Gasteiger partial charge >= 0.3 is 0 Å². The quantitative estimate of drug-likeness (QED) is 0.509. The molecule has 0 amide bonds. The van der Waals surface area contributed by atoms with Gasteiger partial charge in [-0.15, -0.1) is 0 Å². The molecule has 10 heavy (non-hydrogen) atoms. The molecule has 2 heteroatoms. The van der Waals surface area contributed by atoms with Crippen LogP contribution in [0.25, 0.3) is 0 Å². The van der Waals surface area contributed by atoms with Gasteiger partial charge in [-0.1, -0.05) is 6.42 Å². The zero-order chi connectivity index (χ0) is 7.61. The summed E-state index contributed by atoms with van der Waals surface area (Å²) in [4.78, 5) is 11.1. The second kappa shape index (κ2) is 2.42. The molecule has 0 bridgehead atoms. The van der Waals surface area contributed by atoms with Crippen molar-refractivity contribution in [2.45, 2.75) is 32.6 Å². The summed E-state index contributed by atoms with van der Waals surface area (Å²) in [5, 5.41) is 8.65. The van der Waals surface area contributed by atoms with Crippen molar-refractivity contribution in [3.63, 3.8) is 0 Å². The lowest BCUT2D eigenvalue weighted by Gasteiger charge is -2.23. The largest absolute Gasteiger partial charge is 0.298 e. The van der Waals surface area contributed by atoms with Crippen LogP contribution >= 0.6 is 0 Å². The average molecular weight is 137 g/mol. The van der Waals surface area contributed by atoms with Crippen LogP contribution in [0.3, 0.4) is 0 Å². The third-order valence-electron chi connectivity index (χ3n) is 2.19. The van der Waals surface area contributed by atoms with Crippen LogP contribution in [0.5, 0.6) is 0 Å². The lowest BCUT2D eigenvalue weighted by Crippen LogP contribution is -2.29. The number of hydrogen-bond acceptors (Lipinski definition) is 2. The van der Waals surface area contributed by atoms with E-state index < -0.39 is 5.41 Å². The molecule has 0 N–H and O–H groups in total. The van der Waals surface area contributed by atoms with Crippen LogP contribution in [-0.2, 0) is 4.79 Å². The van der Waals surface area contributed by atoms with Gasteiger partial charge in [0.1, 0.15) is 5.41 Å². The predicted octanol–water partition coefficient (Wildman–Crippen LogP) is 1.66. The molecular formula is C8H11NO. The first-order valence-corrected chi connectivity index (χ1v) is 3.63. The first-order valence-electron chi connectivity index (χ1n) is 3.63. The average Bonchev–Trinajstić information content (AvgIpc) is 1.96. The van der Waals surface area contributed by atoms with Gasteiger partial charge in [-0.05, 0) is 19.8 Å². The fraction of sp³-hybridized carbons (Fsp3) is 0.750. The Kier molecular flexibility index (Phi) is 1.76. The fourth-order valence-corrected chi connectivity index (χ4v) is 1.30. The highest BCUT2D eigenvalue weighted by Crippen LogP contribution is 2.31. The Morgan fingerprint density at radius 2 is 2.30 bits per heavy atom. The highest BCUT2D eigenvalue weighted by molar-refractivity contribution is 5.87. The number of carbonyl (C=O) groups is 1. The molecule has 1 rings (SSSR count). The Bertz CT molecular complexity index is 192. The van der Waals surface area contributed by atoms with Crippen molar-refractivity contribution in [2.24, 2.45) is 5.41 Å². The van der Waals surface area contributed by atoms with Gasteiger partial charge in [0.05, 0.1) is 6.07 Å². The standard InChI is InChI=1S/C8H11NO/c1-8(6-9)5-3-2-4-7(8)10/h2-5H2,1H3/t8-/m1/s1. The van der Waals surface area contributed by atoms with E-state index in [2.05, 4.69) is 6.07 Å². The third-order valence-corrected chi connectivity index (χ3v) is 2.19.